The Morgan fingerprint density at radius 2 is 0.604 bits per heavy atom. The van der Waals surface area contributed by atoms with E-state index in [0.29, 0.717) is 0 Å². The summed E-state index contributed by atoms with van der Waals surface area (Å²) < 4.78 is 0. The van der Waals surface area contributed by atoms with Gasteiger partial charge < -0.3 is 83.9 Å². The third-order valence-electron chi connectivity index (χ3n) is 6.37. The summed E-state index contributed by atoms with van der Waals surface area (Å²) in [6, 6.07) is 42.3. The molecule has 0 fully saturated rings. The molecule has 0 aromatic heterocycles. The van der Waals surface area contributed by atoms with E-state index in [1.807, 2.05) is 65.8 Å². The zero-order valence-corrected chi connectivity index (χ0v) is 37.4. The van der Waals surface area contributed by atoms with E-state index in [1.165, 1.54) is 21.2 Å². The number of hydrogen-bond acceptors (Lipinski definition) is 0. The summed E-state index contributed by atoms with van der Waals surface area (Å²) in [7, 11) is 6.39. The van der Waals surface area contributed by atoms with Crippen LogP contribution in [0.1, 0.15) is 41.5 Å². The summed E-state index contributed by atoms with van der Waals surface area (Å²) >= 11 is 7.32. The fourth-order valence-corrected chi connectivity index (χ4v) is 8.69. The minimum absolute atomic E-state index is 0. The Morgan fingerprint density at radius 1 is 0.434 bits per heavy atom. The Kier molecular flexibility index (Phi) is 28.1. The van der Waals surface area contributed by atoms with Crippen LogP contribution in [0.4, 0.5) is 0 Å². The molecule has 0 atom stereocenters. The van der Waals surface area contributed by atoms with Gasteiger partial charge in [-0.05, 0) is 32.0 Å². The molecule has 0 aliphatic heterocycles. The van der Waals surface area contributed by atoms with E-state index in [4.69, 9.17) is 12.8 Å². The van der Waals surface area contributed by atoms with Gasteiger partial charge in [0.1, 0.15) is 0 Å². The molecule has 0 heterocycles. The summed E-state index contributed by atoms with van der Waals surface area (Å²) in [5.74, 6) is 4.71. The first-order valence-electron chi connectivity index (χ1n) is 15.9. The second-order valence-electron chi connectivity index (χ2n) is 12.7. The minimum atomic E-state index is -1.01. The molecule has 0 nitrogen and oxygen atoms in total. The third-order valence-corrected chi connectivity index (χ3v) is 11.5. The summed E-state index contributed by atoms with van der Waals surface area (Å²) in [6.45, 7) is 11.7. The summed E-state index contributed by atoms with van der Waals surface area (Å²) in [5.41, 5.74) is -0.0833. The van der Waals surface area contributed by atoms with Gasteiger partial charge in [0, 0.05) is 21.7 Å². The summed E-state index contributed by atoms with van der Waals surface area (Å²) in [5, 5.41) is 7.56. The predicted octanol–water partition coefficient (Wildman–Crippen LogP) is 9.34. The van der Waals surface area contributed by atoms with E-state index in [-0.39, 0.29) is 32.5 Å². The zero-order chi connectivity index (χ0) is 38.8. The van der Waals surface area contributed by atoms with Gasteiger partial charge in [0.15, 0.2) is 0 Å². The molecule has 0 spiro atoms. The molecule has 0 radical (unpaired) electrons. The van der Waals surface area contributed by atoms with E-state index in [1.54, 1.807) is 0 Å². The van der Waals surface area contributed by atoms with Gasteiger partial charge in [0.25, 0.3) is 0 Å². The first kappa shape index (κ1) is 50.9. The topological polar surface area (TPSA) is 0 Å². The van der Waals surface area contributed by atoms with Crippen LogP contribution in [0.3, 0.4) is 0 Å². The Hall–Kier alpha value is -2.11. The second-order valence-corrected chi connectivity index (χ2v) is 17.5. The number of halogens is 2. The largest absolute Gasteiger partial charge is 0 e. The maximum Gasteiger partial charge on any atom is 0 e. The number of allylic oxidation sites excluding steroid dienone is 8. The monoisotopic (exact) mass is 898 g/mol. The Labute approximate surface area is 362 Å². The van der Waals surface area contributed by atoms with Gasteiger partial charge >= 0.3 is 50.4 Å². The van der Waals surface area contributed by atoms with Gasteiger partial charge in [0.2, 0.25) is 0 Å². The smallest absolute Gasteiger partial charge is 0 e. The third kappa shape index (κ3) is 21.0. The zero-order valence-electron chi connectivity index (χ0n) is 30.4. The van der Waals surface area contributed by atoms with Gasteiger partial charge in [-0.2, -0.15) is 0 Å². The molecule has 53 heavy (non-hydrogen) atoms. The SMILES string of the molecule is [C-]#CC(C)(C)C.[C-]#CC(C)(C)C.[C-]1=[C-]C(=[PH](c2ccccc2)c2ccccc2)[C-]=[C-]1.[C-]1=[C-]C(=[PH](c2ccccc2)c2ccccc2)[C-]=[C-]1.[Cl][Cu].[Cl][Cu].[Ti]. The number of rotatable bonds is 4. The Bertz CT molecular complexity index is 1620. The molecule has 284 valence electrons. The van der Waals surface area contributed by atoms with Gasteiger partial charge in [0.05, 0.1) is 0 Å². The van der Waals surface area contributed by atoms with Gasteiger partial charge in [-0.15, -0.1) is 0 Å². The molecule has 2 aliphatic carbocycles. The Balaban J connectivity index is 0.000000725. The van der Waals surface area contributed by atoms with Crippen molar-refractivity contribution in [1.29, 1.82) is 0 Å². The van der Waals surface area contributed by atoms with Crippen molar-refractivity contribution in [2.45, 2.75) is 41.5 Å². The number of hydrogen-bond donors (Lipinski definition) is 0. The van der Waals surface area contributed by atoms with Crippen molar-refractivity contribution in [2.24, 2.45) is 10.8 Å². The quantitative estimate of drug-likeness (QED) is 0.0830. The van der Waals surface area contributed by atoms with Crippen LogP contribution in [0.25, 0.3) is 0 Å². The fraction of sp³-hybridized carbons (Fsp3) is 0.174. The van der Waals surface area contributed by atoms with Gasteiger partial charge in [-0.25, -0.2) is 15.1 Å². The molecule has 4 aromatic carbocycles. The molecule has 2 aliphatic rings. The summed E-state index contributed by atoms with van der Waals surface area (Å²) in [6.07, 6.45) is 37.3. The van der Waals surface area contributed by atoms with Crippen LogP contribution in [0.2, 0.25) is 0 Å². The van der Waals surface area contributed by atoms with Crippen molar-refractivity contribution < 1.29 is 51.9 Å². The van der Waals surface area contributed by atoms with Crippen molar-refractivity contribution in [1.82, 2.24) is 0 Å². The van der Waals surface area contributed by atoms with Crippen LogP contribution in [-0.2, 0) is 51.9 Å². The maximum atomic E-state index is 6.60. The van der Waals surface area contributed by atoms with Crippen LogP contribution >= 0.6 is 35.3 Å². The average Bonchev–Trinajstić information content (AvgIpc) is 3.92. The van der Waals surface area contributed by atoms with Crippen molar-refractivity contribution in [2.75, 3.05) is 0 Å². The van der Waals surface area contributed by atoms with Crippen molar-refractivity contribution in [3.8, 4) is 11.8 Å². The molecule has 0 N–H and O–H groups in total. The number of benzene rings is 4. The molecule has 0 saturated heterocycles. The van der Waals surface area contributed by atoms with Crippen LogP contribution in [-0.4, -0.2) is 10.6 Å². The fourth-order valence-electron chi connectivity index (χ4n) is 4.02. The van der Waals surface area contributed by atoms with Gasteiger partial charge in [-0.1, -0.05) is 163 Å². The van der Waals surface area contributed by atoms with E-state index < -0.39 is 15.1 Å². The molecular weight excluding hydrogens is 860 g/mol. The molecule has 7 heteroatoms. The molecule has 0 amide bonds. The molecule has 0 saturated carbocycles. The van der Waals surface area contributed by atoms with Crippen LogP contribution in [0.15, 0.2) is 121 Å². The van der Waals surface area contributed by atoms with E-state index in [9.17, 15) is 0 Å². The van der Waals surface area contributed by atoms with Crippen LogP contribution in [0, 0.1) is 84.1 Å². The van der Waals surface area contributed by atoms with E-state index >= 15 is 0 Å². The van der Waals surface area contributed by atoms with Crippen LogP contribution in [0.5, 0.6) is 0 Å². The molecule has 0 unspecified atom stereocenters. The molecule has 6 rings (SSSR count). The molecule has 0 bridgehead atoms. The normalized spacial score (nSPS) is 11.8. The molecule has 4 aromatic rings. The second kappa shape index (κ2) is 29.2. The van der Waals surface area contributed by atoms with Crippen LogP contribution < -0.4 is 21.2 Å². The van der Waals surface area contributed by atoms with Crippen molar-refractivity contribution in [3.05, 3.63) is 183 Å². The summed E-state index contributed by atoms with van der Waals surface area (Å²) in [4.78, 5) is 0. The van der Waals surface area contributed by atoms with Crippen molar-refractivity contribution >= 4 is 67.1 Å². The first-order chi connectivity index (χ1) is 25.0. The minimum Gasteiger partial charge on any atom is 0 e. The average molecular weight is 901 g/mol. The van der Waals surface area contributed by atoms with E-state index in [2.05, 4.69) is 208 Å². The first-order valence-corrected chi connectivity index (χ1v) is 21.5. The molecular formula is C46H40Cl2Cu2P2Ti-10. The maximum absolute atomic E-state index is 6.60. The Morgan fingerprint density at radius 3 is 0.755 bits per heavy atom. The van der Waals surface area contributed by atoms with E-state index in [0.717, 1.165) is 10.6 Å². The van der Waals surface area contributed by atoms with Crippen molar-refractivity contribution in [3.63, 3.8) is 0 Å². The standard InChI is InChI=1S/2C17H11P.2C6H9.2ClH.2Cu.Ti/c2*1-3-9-15(10-4-1)18(17-13-7-8-14-17)16-11-5-2-6-12-16;2*1-5-6(2,3)4;;;;;/h2*1-6,9-12,18H;2*2-4H3;2*1H;;;/q2*-4;2*-1;;;2*+1;/p-2. The predicted molar refractivity (Wildman–Crippen MR) is 222 cm³/mol. The van der Waals surface area contributed by atoms with Gasteiger partial charge in [-0.3, -0.25) is 0 Å².